The van der Waals surface area contributed by atoms with Crippen molar-refractivity contribution in [1.82, 2.24) is 5.32 Å². The minimum atomic E-state index is -0.626. The maximum Gasteiger partial charge on any atom is 0.0895 e. The highest BCUT2D eigenvalue weighted by atomic mass is 127. The molecule has 0 amide bonds. The highest BCUT2D eigenvalue weighted by molar-refractivity contribution is 14.1. The molecule has 0 saturated heterocycles. The van der Waals surface area contributed by atoms with Crippen molar-refractivity contribution in [3.8, 4) is 0 Å². The minimum absolute atomic E-state index is 0.161. The molecular weight excluding hydrogens is 293 g/mol. The van der Waals surface area contributed by atoms with Gasteiger partial charge in [0.1, 0.15) is 0 Å². The van der Waals surface area contributed by atoms with Gasteiger partial charge in [-0.2, -0.15) is 0 Å². The summed E-state index contributed by atoms with van der Waals surface area (Å²) in [7, 11) is 0. The molecule has 0 aromatic heterocycles. The van der Waals surface area contributed by atoms with Gasteiger partial charge in [0.15, 0.2) is 0 Å². The summed E-state index contributed by atoms with van der Waals surface area (Å²) in [5, 5.41) is 21.2. The molecule has 3 nitrogen and oxygen atoms in total. The van der Waals surface area contributed by atoms with Crippen molar-refractivity contribution in [3.63, 3.8) is 0 Å². The van der Waals surface area contributed by atoms with Crippen LogP contribution in [0, 0.1) is 0 Å². The van der Waals surface area contributed by atoms with Crippen LogP contribution in [0.4, 0.5) is 0 Å². The lowest BCUT2D eigenvalue weighted by atomic mass is 10.1. The molecule has 14 heavy (non-hydrogen) atoms. The zero-order chi connectivity index (χ0) is 11.0. The molecule has 0 aromatic carbocycles. The van der Waals surface area contributed by atoms with E-state index in [1.165, 1.54) is 0 Å². The van der Waals surface area contributed by atoms with Crippen LogP contribution >= 0.6 is 22.6 Å². The first-order valence-corrected chi connectivity index (χ1v) is 6.51. The first-order valence-electron chi connectivity index (χ1n) is 5.26. The van der Waals surface area contributed by atoms with Gasteiger partial charge in [0, 0.05) is 16.5 Å². The van der Waals surface area contributed by atoms with Crippen molar-refractivity contribution < 1.29 is 10.2 Å². The summed E-state index contributed by atoms with van der Waals surface area (Å²) in [6, 6.07) is 0.466. The smallest absolute Gasteiger partial charge is 0.0895 e. The lowest BCUT2D eigenvalue weighted by Gasteiger charge is -2.20. The third-order valence-corrected chi connectivity index (χ3v) is 2.61. The van der Waals surface area contributed by atoms with Crippen LogP contribution in [0.3, 0.4) is 0 Å². The number of halogens is 1. The summed E-state index contributed by atoms with van der Waals surface area (Å²) < 4.78 is 0.642. The van der Waals surface area contributed by atoms with Gasteiger partial charge in [-0.05, 0) is 12.8 Å². The normalized spacial score (nSPS) is 17.8. The first-order chi connectivity index (χ1) is 6.60. The standard InChI is InChI=1S/C10H22INO2/c1-3-4-9(5-8(2)11)12-6-10(14)7-13/h8-10,12-14H,3-7H2,1-2H3. The SMILES string of the molecule is CCCC(CC(C)I)NCC(O)CO. The Hall–Kier alpha value is 0.610. The molecule has 0 fully saturated rings. The van der Waals surface area contributed by atoms with Crippen LogP contribution in [-0.2, 0) is 0 Å². The van der Waals surface area contributed by atoms with Crippen molar-refractivity contribution in [2.75, 3.05) is 13.2 Å². The van der Waals surface area contributed by atoms with Crippen molar-refractivity contribution in [1.29, 1.82) is 0 Å². The van der Waals surface area contributed by atoms with E-state index >= 15 is 0 Å². The van der Waals surface area contributed by atoms with Crippen molar-refractivity contribution in [3.05, 3.63) is 0 Å². The Morgan fingerprint density at radius 1 is 1.43 bits per heavy atom. The average molecular weight is 315 g/mol. The Morgan fingerprint density at radius 3 is 2.50 bits per heavy atom. The number of nitrogens with one attached hydrogen (secondary N) is 1. The second-order valence-corrected chi connectivity index (χ2v) is 5.87. The van der Waals surface area contributed by atoms with Crippen LogP contribution < -0.4 is 5.32 Å². The highest BCUT2D eigenvalue weighted by Gasteiger charge is 2.11. The summed E-state index contributed by atoms with van der Waals surface area (Å²) in [5.41, 5.74) is 0. The second-order valence-electron chi connectivity index (χ2n) is 3.75. The lowest BCUT2D eigenvalue weighted by molar-refractivity contribution is 0.0912. The first kappa shape index (κ1) is 14.6. The zero-order valence-electron chi connectivity index (χ0n) is 9.04. The van der Waals surface area contributed by atoms with E-state index in [2.05, 4.69) is 41.8 Å². The van der Waals surface area contributed by atoms with Crippen LogP contribution in [0.2, 0.25) is 0 Å². The Balaban J connectivity index is 3.72. The van der Waals surface area contributed by atoms with Crippen LogP contribution in [-0.4, -0.2) is 39.4 Å². The molecule has 0 aliphatic rings. The van der Waals surface area contributed by atoms with Gasteiger partial charge in [-0.3, -0.25) is 0 Å². The Kier molecular flexibility index (Phi) is 9.27. The van der Waals surface area contributed by atoms with E-state index < -0.39 is 6.10 Å². The molecule has 0 aromatic rings. The van der Waals surface area contributed by atoms with E-state index in [1.54, 1.807) is 0 Å². The predicted molar refractivity (Wildman–Crippen MR) is 67.9 cm³/mol. The maximum absolute atomic E-state index is 9.19. The molecule has 4 heteroatoms. The zero-order valence-corrected chi connectivity index (χ0v) is 11.2. The Morgan fingerprint density at radius 2 is 2.07 bits per heavy atom. The van der Waals surface area contributed by atoms with Gasteiger partial charge in [0.25, 0.3) is 0 Å². The number of hydrogen-bond donors (Lipinski definition) is 3. The number of hydrogen-bond acceptors (Lipinski definition) is 3. The summed E-state index contributed by atoms with van der Waals surface area (Å²) >= 11 is 2.41. The Bertz CT molecular complexity index is 133. The van der Waals surface area contributed by atoms with Crippen molar-refractivity contribution in [2.24, 2.45) is 0 Å². The summed E-state index contributed by atoms with van der Waals surface area (Å²) in [4.78, 5) is 0. The van der Waals surface area contributed by atoms with Crippen LogP contribution in [0.25, 0.3) is 0 Å². The van der Waals surface area contributed by atoms with Crippen LogP contribution in [0.1, 0.15) is 33.1 Å². The molecule has 0 spiro atoms. The molecular formula is C10H22INO2. The Labute approximate surface area is 100 Å². The van der Waals surface area contributed by atoms with Gasteiger partial charge in [-0.1, -0.05) is 42.9 Å². The van der Waals surface area contributed by atoms with Gasteiger partial charge in [0.2, 0.25) is 0 Å². The highest BCUT2D eigenvalue weighted by Crippen LogP contribution is 2.11. The van der Waals surface area contributed by atoms with Crippen molar-refractivity contribution >= 4 is 22.6 Å². The number of aliphatic hydroxyl groups excluding tert-OH is 2. The molecule has 0 heterocycles. The van der Waals surface area contributed by atoms with Crippen molar-refractivity contribution in [2.45, 2.75) is 49.2 Å². The maximum atomic E-state index is 9.19. The fraction of sp³-hybridized carbons (Fsp3) is 1.00. The fourth-order valence-electron chi connectivity index (χ4n) is 1.41. The molecule has 0 rings (SSSR count). The summed E-state index contributed by atoms with van der Waals surface area (Å²) in [6.45, 7) is 4.68. The number of alkyl halides is 1. The molecule has 0 aliphatic carbocycles. The van der Waals surface area contributed by atoms with E-state index in [-0.39, 0.29) is 6.61 Å². The molecule has 0 bridgehead atoms. The van der Waals surface area contributed by atoms with E-state index in [0.29, 0.717) is 16.5 Å². The quantitative estimate of drug-likeness (QED) is 0.468. The summed E-state index contributed by atoms with van der Waals surface area (Å²) in [6.07, 6.45) is 2.77. The average Bonchev–Trinajstić information content (AvgIpc) is 2.13. The largest absolute Gasteiger partial charge is 0.394 e. The van der Waals surface area contributed by atoms with E-state index in [1.807, 2.05) is 0 Å². The summed E-state index contributed by atoms with van der Waals surface area (Å²) in [5.74, 6) is 0. The van der Waals surface area contributed by atoms with Crippen LogP contribution in [0.5, 0.6) is 0 Å². The van der Waals surface area contributed by atoms with Gasteiger partial charge in [-0.25, -0.2) is 0 Å². The molecule has 0 saturated carbocycles. The lowest BCUT2D eigenvalue weighted by Crippen LogP contribution is -2.38. The van der Waals surface area contributed by atoms with E-state index in [9.17, 15) is 5.11 Å². The predicted octanol–water partition coefficient (Wildman–Crippen LogP) is 1.31. The number of rotatable bonds is 8. The van der Waals surface area contributed by atoms with Gasteiger partial charge in [0.05, 0.1) is 12.7 Å². The third kappa shape index (κ3) is 7.96. The van der Waals surface area contributed by atoms with Gasteiger partial charge < -0.3 is 15.5 Å². The monoisotopic (exact) mass is 315 g/mol. The molecule has 3 N–H and O–H groups in total. The van der Waals surface area contributed by atoms with E-state index in [4.69, 9.17) is 5.11 Å². The molecule has 3 unspecified atom stereocenters. The fourth-order valence-corrected chi connectivity index (χ4v) is 2.02. The van der Waals surface area contributed by atoms with Crippen LogP contribution in [0.15, 0.2) is 0 Å². The number of aliphatic hydroxyl groups is 2. The molecule has 3 atom stereocenters. The topological polar surface area (TPSA) is 52.5 Å². The third-order valence-electron chi connectivity index (χ3n) is 2.10. The molecule has 86 valence electrons. The van der Waals surface area contributed by atoms with Gasteiger partial charge >= 0.3 is 0 Å². The molecule has 0 aliphatic heterocycles. The van der Waals surface area contributed by atoms with E-state index in [0.717, 1.165) is 19.3 Å². The van der Waals surface area contributed by atoms with Gasteiger partial charge in [-0.15, -0.1) is 0 Å². The minimum Gasteiger partial charge on any atom is -0.394 e. The molecule has 0 radical (unpaired) electrons. The second kappa shape index (κ2) is 8.88.